The van der Waals surface area contributed by atoms with E-state index >= 15 is 0 Å². The average molecular weight is 183 g/mol. The lowest BCUT2D eigenvalue weighted by Crippen LogP contribution is -2.40. The van der Waals surface area contributed by atoms with Gasteiger partial charge in [-0.2, -0.15) is 0 Å². The van der Waals surface area contributed by atoms with Crippen molar-refractivity contribution in [3.8, 4) is 0 Å². The molecule has 2 rings (SSSR count). The molecule has 2 N–H and O–H groups in total. The number of hydrogen-bond acceptors (Lipinski definition) is 2. The Morgan fingerprint density at radius 1 is 1.08 bits per heavy atom. The molecule has 2 unspecified atom stereocenters. The molecule has 13 heavy (non-hydrogen) atoms. The molecular formula is C11H21NO. The van der Waals surface area contributed by atoms with Crippen molar-refractivity contribution < 1.29 is 5.11 Å². The number of nitrogens with one attached hydrogen (secondary N) is 1. The molecule has 1 heterocycles. The van der Waals surface area contributed by atoms with Crippen LogP contribution in [0.2, 0.25) is 0 Å². The van der Waals surface area contributed by atoms with Gasteiger partial charge in [-0.1, -0.05) is 25.7 Å². The Morgan fingerprint density at radius 2 is 1.85 bits per heavy atom. The van der Waals surface area contributed by atoms with Crippen LogP contribution in [0, 0.1) is 17.8 Å². The predicted octanol–water partition coefficient (Wildman–Crippen LogP) is 1.39. The van der Waals surface area contributed by atoms with Gasteiger partial charge in [0.2, 0.25) is 0 Å². The van der Waals surface area contributed by atoms with Gasteiger partial charge in [-0.3, -0.25) is 0 Å². The molecule has 2 heteroatoms. The van der Waals surface area contributed by atoms with Crippen LogP contribution < -0.4 is 5.32 Å². The van der Waals surface area contributed by atoms with Crippen LogP contribution in [0.3, 0.4) is 0 Å². The lowest BCUT2D eigenvalue weighted by atomic mass is 9.81. The van der Waals surface area contributed by atoms with Crippen LogP contribution in [0.25, 0.3) is 0 Å². The molecule has 0 aromatic heterocycles. The van der Waals surface area contributed by atoms with E-state index in [0.717, 1.165) is 18.4 Å². The molecule has 0 aromatic carbocycles. The maximum absolute atomic E-state index is 9.11. The quantitative estimate of drug-likeness (QED) is 0.678. The summed E-state index contributed by atoms with van der Waals surface area (Å²) in [4.78, 5) is 0. The van der Waals surface area contributed by atoms with Gasteiger partial charge in [0.25, 0.3) is 0 Å². The van der Waals surface area contributed by atoms with Crippen LogP contribution in [-0.4, -0.2) is 24.8 Å². The van der Waals surface area contributed by atoms with E-state index in [9.17, 15) is 0 Å². The highest BCUT2D eigenvalue weighted by Gasteiger charge is 2.29. The van der Waals surface area contributed by atoms with E-state index in [2.05, 4.69) is 5.32 Å². The molecule has 2 aliphatic rings. The third-order valence-corrected chi connectivity index (χ3v) is 3.80. The molecule has 0 aromatic rings. The normalized spacial score (nSPS) is 36.7. The first kappa shape index (κ1) is 9.47. The Morgan fingerprint density at radius 3 is 2.54 bits per heavy atom. The molecule has 1 aliphatic carbocycles. The molecule has 2 nitrogen and oxygen atoms in total. The van der Waals surface area contributed by atoms with Gasteiger partial charge in [0.1, 0.15) is 0 Å². The highest BCUT2D eigenvalue weighted by Crippen LogP contribution is 2.35. The van der Waals surface area contributed by atoms with Gasteiger partial charge in [0, 0.05) is 13.2 Å². The zero-order valence-corrected chi connectivity index (χ0v) is 8.34. The summed E-state index contributed by atoms with van der Waals surface area (Å²) in [5, 5.41) is 12.6. The van der Waals surface area contributed by atoms with Gasteiger partial charge in [0.15, 0.2) is 0 Å². The van der Waals surface area contributed by atoms with Crippen molar-refractivity contribution in [2.75, 3.05) is 19.7 Å². The van der Waals surface area contributed by atoms with E-state index in [1.54, 1.807) is 0 Å². The van der Waals surface area contributed by atoms with Crippen molar-refractivity contribution >= 4 is 0 Å². The summed E-state index contributed by atoms with van der Waals surface area (Å²) in [6, 6.07) is 0. The maximum Gasteiger partial charge on any atom is 0.0471 e. The number of piperidine rings is 1. The summed E-state index contributed by atoms with van der Waals surface area (Å²) in [6.07, 6.45) is 7.00. The molecule has 1 saturated heterocycles. The number of aliphatic hydroxyl groups is 1. The third kappa shape index (κ3) is 2.23. The summed E-state index contributed by atoms with van der Waals surface area (Å²) >= 11 is 0. The van der Waals surface area contributed by atoms with Crippen molar-refractivity contribution in [1.82, 2.24) is 5.32 Å². The van der Waals surface area contributed by atoms with Gasteiger partial charge in [-0.25, -0.2) is 0 Å². The van der Waals surface area contributed by atoms with Crippen LogP contribution in [0.15, 0.2) is 0 Å². The summed E-state index contributed by atoms with van der Waals surface area (Å²) in [5.74, 6) is 2.34. The molecule has 1 aliphatic heterocycles. The van der Waals surface area contributed by atoms with Crippen LogP contribution in [0.1, 0.15) is 32.1 Å². The Balaban J connectivity index is 1.84. The topological polar surface area (TPSA) is 32.3 Å². The number of hydrogen-bond donors (Lipinski definition) is 2. The second-order valence-electron chi connectivity index (χ2n) is 4.75. The van der Waals surface area contributed by atoms with Gasteiger partial charge < -0.3 is 10.4 Å². The van der Waals surface area contributed by atoms with E-state index in [1.165, 1.54) is 38.6 Å². The fraction of sp³-hybridized carbons (Fsp3) is 1.00. The molecule has 0 spiro atoms. The number of rotatable bonds is 2. The Labute approximate surface area is 80.7 Å². The van der Waals surface area contributed by atoms with Gasteiger partial charge in [0.05, 0.1) is 0 Å². The summed E-state index contributed by atoms with van der Waals surface area (Å²) < 4.78 is 0. The van der Waals surface area contributed by atoms with Crippen molar-refractivity contribution in [3.05, 3.63) is 0 Å². The number of aliphatic hydroxyl groups excluding tert-OH is 1. The first-order valence-electron chi connectivity index (χ1n) is 5.71. The van der Waals surface area contributed by atoms with Crippen molar-refractivity contribution in [2.24, 2.45) is 17.8 Å². The molecule has 0 radical (unpaired) electrons. The van der Waals surface area contributed by atoms with Gasteiger partial charge in [-0.05, 0) is 30.7 Å². The molecule has 1 saturated carbocycles. The molecule has 2 atom stereocenters. The highest BCUT2D eigenvalue weighted by atomic mass is 16.3. The first-order chi connectivity index (χ1) is 6.40. The minimum absolute atomic E-state index is 0.371. The van der Waals surface area contributed by atoms with Crippen LogP contribution >= 0.6 is 0 Å². The minimum atomic E-state index is 0.371. The Bertz CT molecular complexity index is 154. The maximum atomic E-state index is 9.11. The first-order valence-corrected chi connectivity index (χ1v) is 5.71. The average Bonchev–Trinajstić information content (AvgIpc) is 2.71. The minimum Gasteiger partial charge on any atom is -0.396 e. The Hall–Kier alpha value is -0.0800. The van der Waals surface area contributed by atoms with E-state index in [0.29, 0.717) is 12.5 Å². The van der Waals surface area contributed by atoms with E-state index < -0.39 is 0 Å². The summed E-state index contributed by atoms with van der Waals surface area (Å²) in [5.41, 5.74) is 0. The van der Waals surface area contributed by atoms with Crippen molar-refractivity contribution in [3.63, 3.8) is 0 Å². The van der Waals surface area contributed by atoms with Crippen LogP contribution in [0.4, 0.5) is 0 Å². The zero-order valence-electron chi connectivity index (χ0n) is 8.34. The Kier molecular flexibility index (Phi) is 3.23. The van der Waals surface area contributed by atoms with E-state index in [1.807, 2.05) is 0 Å². The van der Waals surface area contributed by atoms with Gasteiger partial charge >= 0.3 is 0 Å². The lowest BCUT2D eigenvalue weighted by molar-refractivity contribution is 0.146. The SMILES string of the molecule is OCC1CNCC(C2CCCC2)C1. The zero-order chi connectivity index (χ0) is 9.10. The highest BCUT2D eigenvalue weighted by molar-refractivity contribution is 4.83. The second kappa shape index (κ2) is 4.43. The molecule has 0 amide bonds. The fourth-order valence-corrected chi connectivity index (χ4v) is 2.99. The molecule has 0 bridgehead atoms. The second-order valence-corrected chi connectivity index (χ2v) is 4.75. The third-order valence-electron chi connectivity index (χ3n) is 3.80. The predicted molar refractivity (Wildman–Crippen MR) is 53.5 cm³/mol. The van der Waals surface area contributed by atoms with E-state index in [4.69, 9.17) is 5.11 Å². The molecule has 76 valence electrons. The monoisotopic (exact) mass is 183 g/mol. The smallest absolute Gasteiger partial charge is 0.0471 e. The van der Waals surface area contributed by atoms with Crippen LogP contribution in [0.5, 0.6) is 0 Å². The molecular weight excluding hydrogens is 162 g/mol. The van der Waals surface area contributed by atoms with Crippen LogP contribution in [-0.2, 0) is 0 Å². The van der Waals surface area contributed by atoms with E-state index in [-0.39, 0.29) is 0 Å². The molecule has 2 fully saturated rings. The lowest BCUT2D eigenvalue weighted by Gasteiger charge is -2.32. The van der Waals surface area contributed by atoms with Crippen molar-refractivity contribution in [1.29, 1.82) is 0 Å². The summed E-state index contributed by atoms with van der Waals surface area (Å²) in [7, 11) is 0. The van der Waals surface area contributed by atoms with Gasteiger partial charge in [-0.15, -0.1) is 0 Å². The summed E-state index contributed by atoms with van der Waals surface area (Å²) in [6.45, 7) is 2.59. The van der Waals surface area contributed by atoms with Crippen molar-refractivity contribution in [2.45, 2.75) is 32.1 Å². The fourth-order valence-electron chi connectivity index (χ4n) is 2.99. The largest absolute Gasteiger partial charge is 0.396 e. The standard InChI is InChI=1S/C11H21NO/c13-8-9-5-11(7-12-6-9)10-3-1-2-4-10/h9-13H,1-8H2.